The molecule has 21 heavy (non-hydrogen) atoms. The van der Waals surface area contributed by atoms with Crippen molar-refractivity contribution < 1.29 is 14.6 Å². The highest BCUT2D eigenvalue weighted by Crippen LogP contribution is 2.26. The maximum absolute atomic E-state index is 12.2. The van der Waals surface area contributed by atoms with Crippen LogP contribution in [-0.4, -0.2) is 29.8 Å². The molecule has 2 N–H and O–H groups in total. The van der Waals surface area contributed by atoms with Crippen LogP contribution in [0.4, 0.5) is 0 Å². The highest BCUT2D eigenvalue weighted by molar-refractivity contribution is 5.94. The molecule has 1 amide bonds. The fourth-order valence-electron chi connectivity index (χ4n) is 2.91. The first-order valence-electron chi connectivity index (χ1n) is 7.84. The van der Waals surface area contributed by atoms with Crippen LogP contribution in [0.5, 0.6) is 5.75 Å². The molecule has 0 spiro atoms. The van der Waals surface area contributed by atoms with E-state index in [9.17, 15) is 9.90 Å². The van der Waals surface area contributed by atoms with Crippen LogP contribution in [0.25, 0.3) is 0 Å². The minimum atomic E-state index is -0.793. The van der Waals surface area contributed by atoms with Crippen LogP contribution < -0.4 is 10.1 Å². The number of ether oxygens (including phenoxy) is 1. The molecule has 1 heterocycles. The van der Waals surface area contributed by atoms with Gasteiger partial charge in [0.1, 0.15) is 5.75 Å². The van der Waals surface area contributed by atoms with Crippen molar-refractivity contribution in [2.24, 2.45) is 0 Å². The molecular weight excluding hydrogens is 266 g/mol. The van der Waals surface area contributed by atoms with E-state index in [1.54, 1.807) is 6.07 Å². The van der Waals surface area contributed by atoms with Crippen LogP contribution in [0.15, 0.2) is 18.2 Å². The fraction of sp³-hybridized carbons (Fsp3) is 0.588. The van der Waals surface area contributed by atoms with Crippen LogP contribution in [0, 0.1) is 0 Å². The number of carbonyl (C=O) groups is 1. The van der Waals surface area contributed by atoms with E-state index in [4.69, 9.17) is 4.74 Å². The Labute approximate surface area is 126 Å². The van der Waals surface area contributed by atoms with Crippen LogP contribution in [0.3, 0.4) is 0 Å². The number of hydrogen-bond acceptors (Lipinski definition) is 3. The summed E-state index contributed by atoms with van der Waals surface area (Å²) in [5.41, 5.74) is 0.925. The Morgan fingerprint density at radius 3 is 2.71 bits per heavy atom. The number of fused-ring (bicyclic) bond motifs is 1. The van der Waals surface area contributed by atoms with E-state index < -0.39 is 5.60 Å². The highest BCUT2D eigenvalue weighted by atomic mass is 16.5. The minimum Gasteiger partial charge on any atom is -0.493 e. The quantitative estimate of drug-likeness (QED) is 0.812. The van der Waals surface area contributed by atoms with Gasteiger partial charge in [0.2, 0.25) is 0 Å². The first-order chi connectivity index (χ1) is 10.1. The molecule has 0 aromatic heterocycles. The predicted molar refractivity (Wildman–Crippen MR) is 82.7 cm³/mol. The molecule has 2 rings (SSSR count). The summed E-state index contributed by atoms with van der Waals surface area (Å²) < 4.78 is 5.44. The molecule has 0 atom stereocenters. The second-order valence-corrected chi connectivity index (χ2v) is 5.83. The SMILES string of the molecule is CCCC(O)(CCC)CNC(=O)c1ccc2c(c1)CCO2. The largest absolute Gasteiger partial charge is 0.493 e. The van der Waals surface area contributed by atoms with Crippen molar-refractivity contribution in [1.82, 2.24) is 5.32 Å². The summed E-state index contributed by atoms with van der Waals surface area (Å²) in [7, 11) is 0. The van der Waals surface area contributed by atoms with Gasteiger partial charge < -0.3 is 15.2 Å². The number of hydrogen-bond donors (Lipinski definition) is 2. The summed E-state index contributed by atoms with van der Waals surface area (Å²) in [4.78, 5) is 12.2. The van der Waals surface area contributed by atoms with Gasteiger partial charge in [-0.3, -0.25) is 4.79 Å². The Kier molecular flexibility index (Phi) is 5.23. The summed E-state index contributed by atoms with van der Waals surface area (Å²) in [6, 6.07) is 5.51. The van der Waals surface area contributed by atoms with Gasteiger partial charge in [0.25, 0.3) is 5.91 Å². The van der Waals surface area contributed by atoms with E-state index in [-0.39, 0.29) is 5.91 Å². The lowest BCUT2D eigenvalue weighted by Gasteiger charge is -2.27. The molecule has 0 bridgehead atoms. The Morgan fingerprint density at radius 2 is 2.05 bits per heavy atom. The zero-order valence-electron chi connectivity index (χ0n) is 12.9. The second kappa shape index (κ2) is 6.94. The van der Waals surface area contributed by atoms with E-state index in [1.807, 2.05) is 26.0 Å². The number of amides is 1. The highest BCUT2D eigenvalue weighted by Gasteiger charge is 2.25. The molecule has 4 nitrogen and oxygen atoms in total. The first-order valence-corrected chi connectivity index (χ1v) is 7.84. The van der Waals surface area contributed by atoms with Crippen molar-refractivity contribution in [1.29, 1.82) is 0 Å². The van der Waals surface area contributed by atoms with E-state index in [2.05, 4.69) is 5.32 Å². The molecule has 0 radical (unpaired) electrons. The van der Waals surface area contributed by atoms with Crippen LogP contribution >= 0.6 is 0 Å². The molecule has 4 heteroatoms. The fourth-order valence-corrected chi connectivity index (χ4v) is 2.91. The summed E-state index contributed by atoms with van der Waals surface area (Å²) >= 11 is 0. The van der Waals surface area contributed by atoms with Gasteiger partial charge in [-0.25, -0.2) is 0 Å². The topological polar surface area (TPSA) is 58.6 Å². The van der Waals surface area contributed by atoms with Gasteiger partial charge in [-0.1, -0.05) is 26.7 Å². The van der Waals surface area contributed by atoms with Gasteiger partial charge in [-0.2, -0.15) is 0 Å². The first kappa shape index (κ1) is 15.8. The van der Waals surface area contributed by atoms with Crippen LogP contribution in [0.1, 0.15) is 55.5 Å². The molecule has 1 aliphatic heterocycles. The number of carbonyl (C=O) groups excluding carboxylic acids is 1. The molecule has 0 saturated heterocycles. The Bertz CT molecular complexity index is 493. The van der Waals surface area contributed by atoms with E-state index in [1.165, 1.54) is 0 Å². The van der Waals surface area contributed by atoms with Crippen LogP contribution in [-0.2, 0) is 6.42 Å². The molecule has 0 saturated carbocycles. The van der Waals surface area contributed by atoms with E-state index >= 15 is 0 Å². The van der Waals surface area contributed by atoms with E-state index in [0.717, 1.165) is 30.6 Å². The summed E-state index contributed by atoms with van der Waals surface area (Å²) in [5, 5.41) is 13.4. The average Bonchev–Trinajstić information content (AvgIpc) is 2.92. The Hall–Kier alpha value is -1.55. The smallest absolute Gasteiger partial charge is 0.251 e. The van der Waals surface area contributed by atoms with Crippen molar-refractivity contribution >= 4 is 5.91 Å². The molecule has 1 aliphatic rings. The molecule has 1 aromatic carbocycles. The lowest BCUT2D eigenvalue weighted by atomic mass is 9.92. The van der Waals surface area contributed by atoms with Crippen molar-refractivity contribution in [3.63, 3.8) is 0 Å². The molecule has 0 aliphatic carbocycles. The van der Waals surface area contributed by atoms with Gasteiger partial charge in [-0.15, -0.1) is 0 Å². The van der Waals surface area contributed by atoms with Gasteiger partial charge in [0.05, 0.1) is 12.2 Å². The van der Waals surface area contributed by atoms with E-state index in [0.29, 0.717) is 31.6 Å². The standard InChI is InChI=1S/C17H25NO3/c1-3-8-17(20,9-4-2)12-18-16(19)14-5-6-15-13(11-14)7-10-21-15/h5-6,11,20H,3-4,7-10,12H2,1-2H3,(H,18,19). The third-order valence-corrected chi connectivity index (χ3v) is 3.96. The van der Waals surface area contributed by atoms with Crippen molar-refractivity contribution in [3.8, 4) is 5.75 Å². The van der Waals surface area contributed by atoms with Gasteiger partial charge >= 0.3 is 0 Å². The third-order valence-electron chi connectivity index (χ3n) is 3.96. The zero-order valence-corrected chi connectivity index (χ0v) is 12.9. The van der Waals surface area contributed by atoms with Crippen molar-refractivity contribution in [2.75, 3.05) is 13.2 Å². The Balaban J connectivity index is 1.97. The summed E-state index contributed by atoms with van der Waals surface area (Å²) in [5.74, 6) is 0.746. The lowest BCUT2D eigenvalue weighted by molar-refractivity contribution is 0.0213. The predicted octanol–water partition coefficient (Wildman–Crippen LogP) is 2.68. The van der Waals surface area contributed by atoms with Crippen molar-refractivity contribution in [3.05, 3.63) is 29.3 Å². The molecule has 1 aromatic rings. The Morgan fingerprint density at radius 1 is 1.33 bits per heavy atom. The number of aliphatic hydroxyl groups is 1. The molecular formula is C17H25NO3. The third kappa shape index (κ3) is 3.97. The maximum atomic E-state index is 12.2. The van der Waals surface area contributed by atoms with Crippen molar-refractivity contribution in [2.45, 2.75) is 51.6 Å². The maximum Gasteiger partial charge on any atom is 0.251 e. The number of benzene rings is 1. The number of rotatable bonds is 7. The molecule has 0 fully saturated rings. The monoisotopic (exact) mass is 291 g/mol. The number of nitrogens with one attached hydrogen (secondary N) is 1. The summed E-state index contributed by atoms with van der Waals surface area (Å²) in [6.07, 6.45) is 4.08. The normalized spacial score (nSPS) is 13.7. The summed E-state index contributed by atoms with van der Waals surface area (Å²) in [6.45, 7) is 5.08. The zero-order chi connectivity index (χ0) is 15.3. The van der Waals surface area contributed by atoms with Gasteiger partial charge in [-0.05, 0) is 36.6 Å². The average molecular weight is 291 g/mol. The molecule has 116 valence electrons. The lowest BCUT2D eigenvalue weighted by Crippen LogP contribution is -2.42. The van der Waals surface area contributed by atoms with Gasteiger partial charge in [0, 0.05) is 18.5 Å². The second-order valence-electron chi connectivity index (χ2n) is 5.83. The van der Waals surface area contributed by atoms with Gasteiger partial charge in [0.15, 0.2) is 0 Å². The van der Waals surface area contributed by atoms with Crippen LogP contribution in [0.2, 0.25) is 0 Å². The minimum absolute atomic E-state index is 0.129. The molecule has 0 unspecified atom stereocenters.